The van der Waals surface area contributed by atoms with Crippen molar-refractivity contribution in [3.05, 3.63) is 59.2 Å². The maximum Gasteiger partial charge on any atom is 0.232 e. The highest BCUT2D eigenvalue weighted by Gasteiger charge is 2.28. The number of ether oxygens (including phenoxy) is 1. The number of carbonyl (C=O) groups excluding carboxylic acids is 1. The maximum atomic E-state index is 13.1. The molecule has 0 saturated heterocycles. The number of sulfonamides is 1. The van der Waals surface area contributed by atoms with Gasteiger partial charge in [0.1, 0.15) is 5.75 Å². The van der Waals surface area contributed by atoms with Gasteiger partial charge >= 0.3 is 0 Å². The Morgan fingerprint density at radius 2 is 1.94 bits per heavy atom. The van der Waals surface area contributed by atoms with Crippen molar-refractivity contribution in [2.75, 3.05) is 17.6 Å². The van der Waals surface area contributed by atoms with Gasteiger partial charge in [-0.3, -0.25) is 14.5 Å². The van der Waals surface area contributed by atoms with Crippen LogP contribution in [0.2, 0.25) is 0 Å². The number of hydrogen-bond acceptors (Lipinski definition) is 5. The average Bonchev–Trinajstić information content (AvgIpc) is 2.72. The molecule has 0 spiro atoms. The number of nitrogens with zero attached hydrogens (tertiary/aromatic N) is 1. The van der Waals surface area contributed by atoms with Gasteiger partial charge in [0.2, 0.25) is 10.0 Å². The van der Waals surface area contributed by atoms with Gasteiger partial charge in [-0.1, -0.05) is 38.0 Å². The third-order valence-electron chi connectivity index (χ3n) is 5.49. The zero-order valence-electron chi connectivity index (χ0n) is 19.3. The molecule has 0 amide bonds. The lowest BCUT2D eigenvalue weighted by Gasteiger charge is -2.29. The minimum absolute atomic E-state index is 0.0729. The van der Waals surface area contributed by atoms with E-state index in [2.05, 4.69) is 18.6 Å². The molecule has 0 aromatic heterocycles. The van der Waals surface area contributed by atoms with E-state index in [1.165, 1.54) is 0 Å². The topological polar surface area (TPSA) is 84.8 Å². The van der Waals surface area contributed by atoms with Crippen molar-refractivity contribution in [1.82, 2.24) is 0 Å². The van der Waals surface area contributed by atoms with Gasteiger partial charge in [-0.15, -0.1) is 0 Å². The predicted octanol–water partition coefficient (Wildman–Crippen LogP) is 5.02. The first kappa shape index (κ1) is 24.0. The highest BCUT2D eigenvalue weighted by atomic mass is 32.2. The van der Waals surface area contributed by atoms with Crippen LogP contribution < -0.4 is 9.46 Å². The Hall–Kier alpha value is -2.67. The highest BCUT2D eigenvalue weighted by molar-refractivity contribution is 7.92. The van der Waals surface area contributed by atoms with Crippen LogP contribution in [0.5, 0.6) is 5.75 Å². The summed E-state index contributed by atoms with van der Waals surface area (Å²) >= 11 is 0. The molecule has 0 bridgehead atoms. The third-order valence-corrected chi connectivity index (χ3v) is 6.86. The average molecular weight is 457 g/mol. The fourth-order valence-corrected chi connectivity index (χ4v) is 5.13. The first-order valence-electron chi connectivity index (χ1n) is 11.0. The molecule has 1 N–H and O–H groups in total. The van der Waals surface area contributed by atoms with Crippen LogP contribution in [0.3, 0.4) is 0 Å². The van der Waals surface area contributed by atoms with E-state index in [-0.39, 0.29) is 23.5 Å². The Balaban J connectivity index is 1.80. The molecule has 1 aliphatic rings. The van der Waals surface area contributed by atoms with Gasteiger partial charge < -0.3 is 4.74 Å². The summed E-state index contributed by atoms with van der Waals surface area (Å²) in [6.45, 7) is 6.14. The molecule has 7 heteroatoms. The number of hydrogen-bond donors (Lipinski definition) is 1. The first-order valence-corrected chi connectivity index (χ1v) is 12.7. The number of fused-ring (bicyclic) bond motifs is 1. The highest BCUT2D eigenvalue weighted by Crippen LogP contribution is 2.31. The lowest BCUT2D eigenvalue weighted by Crippen LogP contribution is -2.30. The van der Waals surface area contributed by atoms with Gasteiger partial charge in [0.05, 0.1) is 30.5 Å². The summed E-state index contributed by atoms with van der Waals surface area (Å²) in [6.07, 6.45) is 3.36. The Bertz CT molecular complexity index is 1120. The van der Waals surface area contributed by atoms with Gasteiger partial charge in [-0.05, 0) is 56.5 Å². The molecular weight excluding hydrogens is 424 g/mol. The second-order valence-electron chi connectivity index (χ2n) is 8.88. The molecule has 1 aliphatic heterocycles. The van der Waals surface area contributed by atoms with Crippen molar-refractivity contribution in [3.8, 4) is 5.75 Å². The Morgan fingerprint density at radius 1 is 1.16 bits per heavy atom. The standard InChI is InChI=1S/C25H32N2O4S/c1-5-6-7-13-32(29,30)27-20-10-8-9-18(14-20)24(28)16-23-22-15-21(31-4)12-11-19(22)17-25(2,3)26-23/h8-12,14-15,27H,5-7,13,16-17H2,1-4H3. The smallest absolute Gasteiger partial charge is 0.232 e. The number of rotatable bonds is 10. The van der Waals surface area contributed by atoms with Gasteiger partial charge in [0, 0.05) is 16.8 Å². The molecule has 0 aliphatic carbocycles. The van der Waals surface area contributed by atoms with Gasteiger partial charge in [-0.25, -0.2) is 8.42 Å². The van der Waals surface area contributed by atoms with Crippen LogP contribution in [0.4, 0.5) is 5.69 Å². The van der Waals surface area contributed by atoms with Crippen LogP contribution in [-0.4, -0.2) is 38.3 Å². The summed E-state index contributed by atoms with van der Waals surface area (Å²) in [4.78, 5) is 18.0. The Kier molecular flexibility index (Phi) is 7.39. The molecule has 2 aromatic carbocycles. The molecule has 6 nitrogen and oxygen atoms in total. The van der Waals surface area contributed by atoms with E-state index in [0.29, 0.717) is 17.7 Å². The molecule has 0 saturated carbocycles. The fourth-order valence-electron chi connectivity index (χ4n) is 3.95. The minimum Gasteiger partial charge on any atom is -0.497 e. The number of benzene rings is 2. The number of methoxy groups -OCH3 is 1. The number of Topliss-reactive ketones (excluding diaryl/α,β-unsaturated/α-hetero) is 1. The summed E-state index contributed by atoms with van der Waals surface area (Å²) in [5.74, 6) is 0.689. The van der Waals surface area contributed by atoms with E-state index in [4.69, 9.17) is 9.73 Å². The number of carbonyl (C=O) groups is 1. The van der Waals surface area contributed by atoms with E-state index in [1.54, 1.807) is 31.4 Å². The second kappa shape index (κ2) is 9.86. The predicted molar refractivity (Wildman–Crippen MR) is 130 cm³/mol. The zero-order chi connectivity index (χ0) is 23.4. The maximum absolute atomic E-state index is 13.1. The van der Waals surface area contributed by atoms with Crippen LogP contribution in [0.15, 0.2) is 47.5 Å². The van der Waals surface area contributed by atoms with Crippen LogP contribution in [-0.2, 0) is 16.4 Å². The lowest BCUT2D eigenvalue weighted by molar-refractivity contribution is 0.100. The van der Waals surface area contributed by atoms with E-state index < -0.39 is 10.0 Å². The number of unbranched alkanes of at least 4 members (excludes halogenated alkanes) is 2. The quantitative estimate of drug-likeness (QED) is 0.402. The zero-order valence-corrected chi connectivity index (χ0v) is 20.1. The molecule has 172 valence electrons. The van der Waals surface area contributed by atoms with Gasteiger partial charge in [0.15, 0.2) is 5.78 Å². The summed E-state index contributed by atoms with van der Waals surface area (Å²) < 4.78 is 32.6. The van der Waals surface area contributed by atoms with E-state index in [1.807, 2.05) is 25.1 Å². The van der Waals surface area contributed by atoms with E-state index in [9.17, 15) is 13.2 Å². The molecule has 3 rings (SSSR count). The number of aliphatic imine (C=N–C) groups is 1. The summed E-state index contributed by atoms with van der Waals surface area (Å²) in [5.41, 5.74) is 3.36. The Morgan fingerprint density at radius 3 is 2.66 bits per heavy atom. The first-order chi connectivity index (χ1) is 15.1. The van der Waals surface area contributed by atoms with Crippen molar-refractivity contribution in [3.63, 3.8) is 0 Å². The number of anilines is 1. The molecule has 0 fully saturated rings. The number of ketones is 1. The van der Waals surface area contributed by atoms with E-state index in [0.717, 1.165) is 41.9 Å². The third kappa shape index (κ3) is 6.19. The normalized spacial score (nSPS) is 14.9. The lowest BCUT2D eigenvalue weighted by atomic mass is 9.85. The molecule has 2 aromatic rings. The van der Waals surface area contributed by atoms with Gasteiger partial charge in [0.25, 0.3) is 0 Å². The largest absolute Gasteiger partial charge is 0.497 e. The molecular formula is C25H32N2O4S. The molecule has 0 unspecified atom stereocenters. The van der Waals surface area contributed by atoms with Crippen molar-refractivity contribution >= 4 is 27.2 Å². The van der Waals surface area contributed by atoms with Crippen LogP contribution in [0.25, 0.3) is 0 Å². The van der Waals surface area contributed by atoms with Crippen molar-refractivity contribution in [1.29, 1.82) is 0 Å². The monoisotopic (exact) mass is 456 g/mol. The van der Waals surface area contributed by atoms with Crippen LogP contribution >= 0.6 is 0 Å². The molecule has 0 radical (unpaired) electrons. The van der Waals surface area contributed by atoms with Crippen LogP contribution in [0.1, 0.15) is 67.9 Å². The van der Waals surface area contributed by atoms with Crippen LogP contribution in [0, 0.1) is 0 Å². The molecule has 1 heterocycles. The minimum atomic E-state index is -3.44. The summed E-state index contributed by atoms with van der Waals surface area (Å²) in [6, 6.07) is 12.5. The SMILES string of the molecule is CCCCCS(=O)(=O)Nc1cccc(C(=O)CC2=NC(C)(C)Cc3ccc(OC)cc32)c1. The molecule has 0 atom stereocenters. The number of nitrogens with one attached hydrogen (secondary N) is 1. The molecule has 32 heavy (non-hydrogen) atoms. The Labute approximate surface area is 191 Å². The van der Waals surface area contributed by atoms with Crippen molar-refractivity contribution < 1.29 is 17.9 Å². The fraction of sp³-hybridized carbons (Fsp3) is 0.440. The van der Waals surface area contributed by atoms with E-state index >= 15 is 0 Å². The van der Waals surface area contributed by atoms with Crippen molar-refractivity contribution in [2.45, 2.75) is 58.4 Å². The summed E-state index contributed by atoms with van der Waals surface area (Å²) in [7, 11) is -1.82. The second-order valence-corrected chi connectivity index (χ2v) is 10.7. The summed E-state index contributed by atoms with van der Waals surface area (Å²) in [5, 5.41) is 0. The van der Waals surface area contributed by atoms with Gasteiger partial charge in [-0.2, -0.15) is 0 Å². The van der Waals surface area contributed by atoms with Crippen molar-refractivity contribution in [2.24, 2.45) is 4.99 Å².